The zero-order chi connectivity index (χ0) is 14.8. The van der Waals surface area contributed by atoms with Crippen LogP contribution < -0.4 is 10.1 Å². The van der Waals surface area contributed by atoms with E-state index in [0.717, 1.165) is 17.7 Å². The third kappa shape index (κ3) is 2.89. The summed E-state index contributed by atoms with van der Waals surface area (Å²) >= 11 is 0. The zero-order valence-electron chi connectivity index (χ0n) is 11.7. The lowest BCUT2D eigenvalue weighted by molar-refractivity contribution is 0.0933. The Hall–Kier alpha value is -2.36. The van der Waals surface area contributed by atoms with Crippen molar-refractivity contribution >= 4 is 5.91 Å². The second kappa shape index (κ2) is 5.56. The maximum atomic E-state index is 13.2. The van der Waals surface area contributed by atoms with Crippen molar-refractivity contribution in [3.05, 3.63) is 65.0 Å². The Morgan fingerprint density at radius 2 is 2.14 bits per heavy atom. The number of carbonyl (C=O) groups excluding carboxylic acids is 1. The lowest BCUT2D eigenvalue weighted by Gasteiger charge is -2.12. The van der Waals surface area contributed by atoms with Gasteiger partial charge in [-0.1, -0.05) is 18.2 Å². The highest BCUT2D eigenvalue weighted by Crippen LogP contribution is 2.27. The van der Waals surface area contributed by atoms with E-state index in [9.17, 15) is 9.18 Å². The van der Waals surface area contributed by atoms with Crippen molar-refractivity contribution < 1.29 is 13.9 Å². The van der Waals surface area contributed by atoms with Crippen LogP contribution in [0.15, 0.2) is 42.5 Å². The van der Waals surface area contributed by atoms with Crippen molar-refractivity contribution in [2.24, 2.45) is 0 Å². The van der Waals surface area contributed by atoms with E-state index in [4.69, 9.17) is 4.74 Å². The molecule has 0 spiro atoms. The van der Waals surface area contributed by atoms with Crippen LogP contribution in [0.4, 0.5) is 4.39 Å². The summed E-state index contributed by atoms with van der Waals surface area (Å²) in [6.07, 6.45) is 0.742. The summed E-state index contributed by atoms with van der Waals surface area (Å²) in [5.41, 5.74) is 2.09. The summed E-state index contributed by atoms with van der Waals surface area (Å²) in [6, 6.07) is 12.2. The van der Waals surface area contributed by atoms with E-state index in [1.807, 2.05) is 24.3 Å². The highest BCUT2D eigenvalue weighted by atomic mass is 19.1. The number of para-hydroxylation sites is 1. The average Bonchev–Trinajstić information content (AvgIpc) is 2.90. The van der Waals surface area contributed by atoms with E-state index in [0.29, 0.717) is 17.7 Å². The third-order valence-electron chi connectivity index (χ3n) is 3.62. The fourth-order valence-corrected chi connectivity index (χ4v) is 2.46. The van der Waals surface area contributed by atoms with Gasteiger partial charge in [-0.3, -0.25) is 4.79 Å². The molecule has 21 heavy (non-hydrogen) atoms. The monoisotopic (exact) mass is 285 g/mol. The SMILES string of the molecule is Cc1cc(C(=O)NCC2Cc3ccccc3O2)ccc1F. The quantitative estimate of drug-likeness (QED) is 0.941. The largest absolute Gasteiger partial charge is 0.488 e. The normalized spacial score (nSPS) is 16.2. The smallest absolute Gasteiger partial charge is 0.251 e. The van der Waals surface area contributed by atoms with Crippen molar-refractivity contribution in [2.75, 3.05) is 6.54 Å². The first-order valence-corrected chi connectivity index (χ1v) is 6.92. The van der Waals surface area contributed by atoms with Crippen LogP contribution in [0.2, 0.25) is 0 Å². The number of hydrogen-bond donors (Lipinski definition) is 1. The van der Waals surface area contributed by atoms with Crippen LogP contribution in [0, 0.1) is 12.7 Å². The summed E-state index contributed by atoms with van der Waals surface area (Å²) in [4.78, 5) is 12.0. The molecule has 1 heterocycles. The van der Waals surface area contributed by atoms with E-state index >= 15 is 0 Å². The number of carbonyl (C=O) groups is 1. The van der Waals surface area contributed by atoms with E-state index in [-0.39, 0.29) is 17.8 Å². The summed E-state index contributed by atoms with van der Waals surface area (Å²) in [5.74, 6) is 0.369. The second-order valence-corrected chi connectivity index (χ2v) is 5.23. The Labute approximate surface area is 122 Å². The van der Waals surface area contributed by atoms with Gasteiger partial charge < -0.3 is 10.1 Å². The number of ether oxygens (including phenoxy) is 1. The van der Waals surface area contributed by atoms with Gasteiger partial charge in [-0.25, -0.2) is 4.39 Å². The molecular formula is C17H16FNO2. The number of halogens is 1. The highest BCUT2D eigenvalue weighted by molar-refractivity contribution is 5.94. The lowest BCUT2D eigenvalue weighted by atomic mass is 10.1. The van der Waals surface area contributed by atoms with Crippen LogP contribution in [-0.2, 0) is 6.42 Å². The van der Waals surface area contributed by atoms with Gasteiger partial charge in [0, 0.05) is 12.0 Å². The molecule has 0 bridgehead atoms. The van der Waals surface area contributed by atoms with Crippen LogP contribution in [0.5, 0.6) is 5.75 Å². The molecule has 2 aromatic rings. The topological polar surface area (TPSA) is 38.3 Å². The van der Waals surface area contributed by atoms with Crippen molar-refractivity contribution in [2.45, 2.75) is 19.4 Å². The molecule has 2 aromatic carbocycles. The van der Waals surface area contributed by atoms with E-state index in [1.54, 1.807) is 13.0 Å². The molecule has 1 unspecified atom stereocenters. The van der Waals surface area contributed by atoms with Gasteiger partial charge in [-0.2, -0.15) is 0 Å². The number of aryl methyl sites for hydroxylation is 1. The van der Waals surface area contributed by atoms with Gasteiger partial charge in [-0.05, 0) is 42.3 Å². The van der Waals surface area contributed by atoms with E-state index in [1.165, 1.54) is 12.1 Å². The molecule has 108 valence electrons. The third-order valence-corrected chi connectivity index (χ3v) is 3.62. The first-order valence-electron chi connectivity index (χ1n) is 6.92. The predicted octanol–water partition coefficient (Wildman–Crippen LogP) is 2.87. The van der Waals surface area contributed by atoms with Crippen LogP contribution in [-0.4, -0.2) is 18.6 Å². The molecule has 1 aliphatic heterocycles. The molecule has 1 atom stereocenters. The van der Waals surface area contributed by atoms with Gasteiger partial charge in [0.1, 0.15) is 17.7 Å². The number of hydrogen-bond acceptors (Lipinski definition) is 2. The van der Waals surface area contributed by atoms with Gasteiger partial charge in [0.05, 0.1) is 6.54 Å². The molecule has 3 nitrogen and oxygen atoms in total. The standard InChI is InChI=1S/C17H16FNO2/c1-11-8-13(6-7-15(11)18)17(20)19-10-14-9-12-4-2-3-5-16(12)21-14/h2-8,14H,9-10H2,1H3,(H,19,20). The van der Waals surface area contributed by atoms with Crippen molar-refractivity contribution in [1.82, 2.24) is 5.32 Å². The molecule has 0 fully saturated rings. The minimum atomic E-state index is -0.305. The zero-order valence-corrected chi connectivity index (χ0v) is 11.7. The van der Waals surface area contributed by atoms with Crippen molar-refractivity contribution in [3.8, 4) is 5.75 Å². The molecule has 0 aromatic heterocycles. The van der Waals surface area contributed by atoms with Crippen molar-refractivity contribution in [3.63, 3.8) is 0 Å². The van der Waals surface area contributed by atoms with Gasteiger partial charge in [-0.15, -0.1) is 0 Å². The maximum Gasteiger partial charge on any atom is 0.251 e. The Morgan fingerprint density at radius 3 is 2.90 bits per heavy atom. The second-order valence-electron chi connectivity index (χ2n) is 5.23. The first kappa shape index (κ1) is 13.6. The number of rotatable bonds is 3. The van der Waals surface area contributed by atoms with Crippen LogP contribution in [0.3, 0.4) is 0 Å². The first-order chi connectivity index (χ1) is 10.1. The number of amides is 1. The Bertz CT molecular complexity index is 659. The van der Waals surface area contributed by atoms with Crippen LogP contribution in [0.25, 0.3) is 0 Å². The maximum absolute atomic E-state index is 13.2. The minimum Gasteiger partial charge on any atom is -0.488 e. The molecule has 3 rings (SSSR count). The fourth-order valence-electron chi connectivity index (χ4n) is 2.46. The van der Waals surface area contributed by atoms with E-state index < -0.39 is 0 Å². The summed E-state index contributed by atoms with van der Waals surface area (Å²) in [7, 11) is 0. The molecule has 1 N–H and O–H groups in total. The summed E-state index contributed by atoms with van der Waals surface area (Å²) < 4.78 is 19.0. The molecule has 0 radical (unpaired) electrons. The minimum absolute atomic E-state index is 0.0482. The Balaban J connectivity index is 1.59. The predicted molar refractivity (Wildman–Crippen MR) is 78.0 cm³/mol. The fraction of sp³-hybridized carbons (Fsp3) is 0.235. The van der Waals surface area contributed by atoms with Crippen LogP contribution >= 0.6 is 0 Å². The van der Waals surface area contributed by atoms with E-state index in [2.05, 4.69) is 5.32 Å². The Morgan fingerprint density at radius 1 is 1.33 bits per heavy atom. The summed E-state index contributed by atoms with van der Waals surface area (Å²) in [5, 5.41) is 2.84. The number of nitrogens with one attached hydrogen (secondary N) is 1. The van der Waals surface area contributed by atoms with Gasteiger partial charge in [0.2, 0.25) is 0 Å². The number of benzene rings is 2. The highest BCUT2D eigenvalue weighted by Gasteiger charge is 2.22. The molecule has 4 heteroatoms. The van der Waals surface area contributed by atoms with Gasteiger partial charge >= 0.3 is 0 Å². The van der Waals surface area contributed by atoms with Gasteiger partial charge in [0.25, 0.3) is 5.91 Å². The average molecular weight is 285 g/mol. The lowest BCUT2D eigenvalue weighted by Crippen LogP contribution is -2.34. The molecule has 0 saturated heterocycles. The molecule has 0 saturated carbocycles. The summed E-state index contributed by atoms with van der Waals surface area (Å²) in [6.45, 7) is 2.08. The Kier molecular flexibility index (Phi) is 3.60. The van der Waals surface area contributed by atoms with Crippen LogP contribution in [0.1, 0.15) is 21.5 Å². The van der Waals surface area contributed by atoms with Gasteiger partial charge in [0.15, 0.2) is 0 Å². The number of fused-ring (bicyclic) bond motifs is 1. The molecule has 1 aliphatic rings. The molecule has 0 aliphatic carbocycles. The van der Waals surface area contributed by atoms with Crippen molar-refractivity contribution in [1.29, 1.82) is 0 Å². The molecule has 1 amide bonds. The molecular weight excluding hydrogens is 269 g/mol.